The molecule has 1 aliphatic heterocycles. The first-order chi connectivity index (χ1) is 9.72. The Balaban J connectivity index is 0.000000151. The Kier molecular flexibility index (Phi) is 4.50. The second-order valence-corrected chi connectivity index (χ2v) is 4.26. The maximum atomic E-state index is 10.3. The summed E-state index contributed by atoms with van der Waals surface area (Å²) < 4.78 is 10.1. The van der Waals surface area contributed by atoms with Gasteiger partial charge in [-0.3, -0.25) is 9.59 Å². The predicted molar refractivity (Wildman–Crippen MR) is 74.5 cm³/mol. The van der Waals surface area contributed by atoms with E-state index in [4.69, 9.17) is 9.47 Å². The average Bonchev–Trinajstić information content (AvgIpc) is 2.96. The average molecular weight is 270 g/mol. The van der Waals surface area contributed by atoms with Crippen LogP contribution in [0.25, 0.3) is 0 Å². The Morgan fingerprint density at radius 1 is 0.850 bits per heavy atom. The number of rotatable bonds is 2. The molecular formula is C16H14O4. The van der Waals surface area contributed by atoms with Crippen molar-refractivity contribution in [1.29, 1.82) is 0 Å². The van der Waals surface area contributed by atoms with E-state index in [1.54, 1.807) is 18.2 Å². The van der Waals surface area contributed by atoms with Crippen LogP contribution in [0, 0.1) is 6.92 Å². The molecule has 0 amide bonds. The predicted octanol–water partition coefficient (Wildman–Crippen LogP) is 3.04. The van der Waals surface area contributed by atoms with Gasteiger partial charge < -0.3 is 9.47 Å². The molecule has 0 unspecified atom stereocenters. The minimum absolute atomic E-state index is 0.248. The second kappa shape index (κ2) is 6.52. The maximum absolute atomic E-state index is 10.3. The highest BCUT2D eigenvalue weighted by Crippen LogP contribution is 2.31. The zero-order valence-electron chi connectivity index (χ0n) is 11.0. The van der Waals surface area contributed by atoms with E-state index in [-0.39, 0.29) is 6.79 Å². The molecule has 20 heavy (non-hydrogen) atoms. The zero-order valence-corrected chi connectivity index (χ0v) is 11.0. The summed E-state index contributed by atoms with van der Waals surface area (Å²) in [4.78, 5) is 20.4. The summed E-state index contributed by atoms with van der Waals surface area (Å²) >= 11 is 0. The molecule has 0 saturated heterocycles. The number of benzene rings is 2. The van der Waals surface area contributed by atoms with Gasteiger partial charge in [0, 0.05) is 11.1 Å². The fourth-order valence-corrected chi connectivity index (χ4v) is 1.63. The molecule has 0 bridgehead atoms. The molecule has 4 heteroatoms. The van der Waals surface area contributed by atoms with E-state index in [1.165, 1.54) is 5.56 Å². The number of aldehydes is 2. The summed E-state index contributed by atoms with van der Waals surface area (Å²) in [6.45, 7) is 2.24. The number of aryl methyl sites for hydroxylation is 1. The van der Waals surface area contributed by atoms with E-state index < -0.39 is 0 Å². The lowest BCUT2D eigenvalue weighted by molar-refractivity contribution is 0.111. The Bertz CT molecular complexity index is 602. The largest absolute Gasteiger partial charge is 0.454 e. The highest BCUT2D eigenvalue weighted by atomic mass is 16.7. The molecule has 3 rings (SSSR count). The minimum atomic E-state index is 0.248. The van der Waals surface area contributed by atoms with Gasteiger partial charge in [-0.15, -0.1) is 0 Å². The van der Waals surface area contributed by atoms with E-state index in [1.807, 2.05) is 31.2 Å². The molecule has 0 aliphatic carbocycles. The van der Waals surface area contributed by atoms with Gasteiger partial charge in [0.1, 0.15) is 12.6 Å². The SMILES string of the molecule is Cc1ccc(C=O)cc1.O=Cc1ccc2c(c1)OCO2. The van der Waals surface area contributed by atoms with E-state index in [0.29, 0.717) is 17.1 Å². The van der Waals surface area contributed by atoms with Crippen molar-refractivity contribution >= 4 is 12.6 Å². The van der Waals surface area contributed by atoms with Gasteiger partial charge in [0.15, 0.2) is 11.5 Å². The van der Waals surface area contributed by atoms with Crippen molar-refractivity contribution in [3.63, 3.8) is 0 Å². The topological polar surface area (TPSA) is 52.6 Å². The number of ether oxygens (including phenoxy) is 2. The van der Waals surface area contributed by atoms with Gasteiger partial charge in [-0.05, 0) is 25.1 Å². The first kappa shape index (κ1) is 13.8. The highest BCUT2D eigenvalue weighted by molar-refractivity contribution is 5.76. The number of carbonyl (C=O) groups is 2. The van der Waals surface area contributed by atoms with Crippen LogP contribution in [0.1, 0.15) is 26.3 Å². The summed E-state index contributed by atoms with van der Waals surface area (Å²) in [5, 5.41) is 0. The molecule has 4 nitrogen and oxygen atoms in total. The summed E-state index contributed by atoms with van der Waals surface area (Å²) in [5.41, 5.74) is 2.52. The van der Waals surface area contributed by atoms with Crippen LogP contribution in [0.3, 0.4) is 0 Å². The van der Waals surface area contributed by atoms with E-state index in [2.05, 4.69) is 0 Å². The minimum Gasteiger partial charge on any atom is -0.454 e. The van der Waals surface area contributed by atoms with Crippen molar-refractivity contribution in [2.75, 3.05) is 6.79 Å². The second-order valence-electron chi connectivity index (χ2n) is 4.26. The van der Waals surface area contributed by atoms with Crippen LogP contribution in [0.15, 0.2) is 42.5 Å². The lowest BCUT2D eigenvalue weighted by Gasteiger charge is -1.94. The molecule has 0 saturated carbocycles. The molecule has 0 radical (unpaired) electrons. The number of hydrogen-bond acceptors (Lipinski definition) is 4. The Morgan fingerprint density at radius 2 is 1.45 bits per heavy atom. The van der Waals surface area contributed by atoms with Gasteiger partial charge in [-0.25, -0.2) is 0 Å². The Hall–Kier alpha value is -2.62. The zero-order chi connectivity index (χ0) is 14.4. The summed E-state index contributed by atoms with van der Waals surface area (Å²) in [7, 11) is 0. The third-order valence-electron chi connectivity index (χ3n) is 2.75. The molecule has 0 spiro atoms. The van der Waals surface area contributed by atoms with E-state index in [9.17, 15) is 9.59 Å². The van der Waals surface area contributed by atoms with Gasteiger partial charge in [0.25, 0.3) is 0 Å². The Labute approximate surface area is 116 Å². The molecule has 0 atom stereocenters. The lowest BCUT2D eigenvalue weighted by Crippen LogP contribution is -1.92. The normalized spacial score (nSPS) is 11.2. The number of hydrogen-bond donors (Lipinski definition) is 0. The van der Waals surface area contributed by atoms with Crippen LogP contribution in [0.5, 0.6) is 11.5 Å². The van der Waals surface area contributed by atoms with Crippen molar-refractivity contribution in [1.82, 2.24) is 0 Å². The summed E-state index contributed by atoms with van der Waals surface area (Å²) in [6, 6.07) is 12.5. The first-order valence-corrected chi connectivity index (χ1v) is 6.09. The van der Waals surface area contributed by atoms with E-state index >= 15 is 0 Å². The fourth-order valence-electron chi connectivity index (χ4n) is 1.63. The van der Waals surface area contributed by atoms with Crippen molar-refractivity contribution in [2.24, 2.45) is 0 Å². The van der Waals surface area contributed by atoms with Crippen molar-refractivity contribution in [3.8, 4) is 11.5 Å². The quantitative estimate of drug-likeness (QED) is 0.787. The first-order valence-electron chi connectivity index (χ1n) is 6.09. The molecule has 1 heterocycles. The molecule has 0 N–H and O–H groups in total. The van der Waals surface area contributed by atoms with Crippen LogP contribution in [0.4, 0.5) is 0 Å². The molecule has 0 aromatic heterocycles. The molecule has 2 aromatic carbocycles. The monoisotopic (exact) mass is 270 g/mol. The van der Waals surface area contributed by atoms with Crippen LogP contribution in [-0.4, -0.2) is 19.4 Å². The van der Waals surface area contributed by atoms with Crippen LogP contribution >= 0.6 is 0 Å². The third-order valence-corrected chi connectivity index (χ3v) is 2.75. The van der Waals surface area contributed by atoms with Gasteiger partial charge in [-0.2, -0.15) is 0 Å². The van der Waals surface area contributed by atoms with Crippen molar-refractivity contribution in [3.05, 3.63) is 59.2 Å². The van der Waals surface area contributed by atoms with E-state index in [0.717, 1.165) is 18.1 Å². The molecule has 1 aliphatic rings. The van der Waals surface area contributed by atoms with Crippen LogP contribution < -0.4 is 9.47 Å². The fraction of sp³-hybridized carbons (Fsp3) is 0.125. The summed E-state index contributed by atoms with van der Waals surface area (Å²) in [6.07, 6.45) is 1.63. The standard InChI is InChI=1S/C8H6O3.C8H8O/c9-4-6-1-2-7-8(3-6)11-5-10-7;1-7-2-4-8(6-9)5-3-7/h1-4H,5H2;2-6H,1H3. The molecular weight excluding hydrogens is 256 g/mol. The maximum Gasteiger partial charge on any atom is 0.231 e. The van der Waals surface area contributed by atoms with Gasteiger partial charge in [0.05, 0.1) is 0 Å². The van der Waals surface area contributed by atoms with Crippen molar-refractivity contribution in [2.45, 2.75) is 6.92 Å². The lowest BCUT2D eigenvalue weighted by atomic mass is 10.2. The van der Waals surface area contributed by atoms with Crippen molar-refractivity contribution < 1.29 is 19.1 Å². The van der Waals surface area contributed by atoms with Crippen LogP contribution in [0.2, 0.25) is 0 Å². The number of carbonyl (C=O) groups excluding carboxylic acids is 2. The third kappa shape index (κ3) is 3.45. The Morgan fingerprint density at radius 3 is 2.10 bits per heavy atom. The molecule has 0 fully saturated rings. The molecule has 102 valence electrons. The summed E-state index contributed by atoms with van der Waals surface area (Å²) in [5.74, 6) is 1.35. The highest BCUT2D eigenvalue weighted by Gasteiger charge is 2.12. The van der Waals surface area contributed by atoms with Gasteiger partial charge in [0.2, 0.25) is 6.79 Å². The van der Waals surface area contributed by atoms with Gasteiger partial charge in [-0.1, -0.05) is 29.8 Å². The molecule has 2 aromatic rings. The smallest absolute Gasteiger partial charge is 0.231 e. The van der Waals surface area contributed by atoms with Gasteiger partial charge >= 0.3 is 0 Å². The van der Waals surface area contributed by atoms with Crippen LogP contribution in [-0.2, 0) is 0 Å². The number of fused-ring (bicyclic) bond motifs is 1.